The molecule has 0 aromatic heterocycles. The van der Waals surface area contributed by atoms with Gasteiger partial charge in [0.25, 0.3) is 10.0 Å². The molecule has 0 bridgehead atoms. The number of hydrogen-bond acceptors (Lipinski definition) is 3. The molecule has 0 radical (unpaired) electrons. The number of nitrogens with two attached hydrogens (primary N) is 1. The molecule has 0 fully saturated rings. The number of sulfonamides is 1. The monoisotopic (exact) mass is 384 g/mol. The second-order valence-corrected chi connectivity index (χ2v) is 7.51. The minimum absolute atomic E-state index is 0.123. The van der Waals surface area contributed by atoms with E-state index >= 15 is 0 Å². The van der Waals surface area contributed by atoms with Crippen LogP contribution in [0, 0.1) is 6.92 Å². The quantitative estimate of drug-likeness (QED) is 0.793. The van der Waals surface area contributed by atoms with Gasteiger partial charge in [0.15, 0.2) is 0 Å². The molecule has 2 aromatic rings. The van der Waals surface area contributed by atoms with Crippen molar-refractivity contribution in [3.05, 3.63) is 58.1 Å². The second kappa shape index (κ2) is 6.13. The first-order valence-electron chi connectivity index (χ1n) is 5.98. The molecule has 2 aromatic carbocycles. The van der Waals surface area contributed by atoms with Crippen molar-refractivity contribution >= 4 is 48.8 Å². The minimum Gasteiger partial charge on any atom is -0.389 e. The highest BCUT2D eigenvalue weighted by atomic mass is 79.9. The fraction of sp³-hybridized carbons (Fsp3) is 0.0714. The number of hydrogen-bond donors (Lipinski definition) is 2. The van der Waals surface area contributed by atoms with Gasteiger partial charge in [-0.2, -0.15) is 0 Å². The number of nitrogens with one attached hydrogen (secondary N) is 1. The fourth-order valence-electron chi connectivity index (χ4n) is 1.80. The Morgan fingerprint density at radius 2 is 1.95 bits per heavy atom. The molecule has 3 N–H and O–H groups in total. The number of halogens is 1. The van der Waals surface area contributed by atoms with Crippen molar-refractivity contribution in [3.63, 3.8) is 0 Å². The third-order valence-corrected chi connectivity index (χ3v) is 4.87. The average Bonchev–Trinajstić information content (AvgIpc) is 2.40. The van der Waals surface area contributed by atoms with Crippen molar-refractivity contribution in [2.45, 2.75) is 11.8 Å². The summed E-state index contributed by atoms with van der Waals surface area (Å²) in [5, 5.41) is 0. The normalized spacial score (nSPS) is 11.1. The Balaban J connectivity index is 2.44. The number of benzene rings is 2. The van der Waals surface area contributed by atoms with Crippen molar-refractivity contribution in [3.8, 4) is 0 Å². The van der Waals surface area contributed by atoms with Crippen molar-refractivity contribution in [1.82, 2.24) is 0 Å². The number of aryl methyl sites for hydroxylation is 1. The van der Waals surface area contributed by atoms with Crippen LogP contribution >= 0.6 is 28.1 Å². The molecule has 0 saturated carbocycles. The molecule has 0 atom stereocenters. The Morgan fingerprint density at radius 3 is 2.57 bits per heavy atom. The van der Waals surface area contributed by atoms with Gasteiger partial charge in [-0.25, -0.2) is 8.42 Å². The van der Waals surface area contributed by atoms with E-state index in [2.05, 4.69) is 20.7 Å². The van der Waals surface area contributed by atoms with Crippen LogP contribution in [0.4, 0.5) is 5.69 Å². The number of rotatable bonds is 4. The zero-order valence-corrected chi connectivity index (χ0v) is 14.3. The maximum absolute atomic E-state index is 12.4. The molecule has 21 heavy (non-hydrogen) atoms. The Morgan fingerprint density at radius 1 is 1.24 bits per heavy atom. The van der Waals surface area contributed by atoms with Gasteiger partial charge in [-0.1, -0.05) is 40.3 Å². The van der Waals surface area contributed by atoms with Gasteiger partial charge in [0.1, 0.15) is 4.99 Å². The zero-order valence-electron chi connectivity index (χ0n) is 11.1. The third-order valence-electron chi connectivity index (χ3n) is 2.79. The summed E-state index contributed by atoms with van der Waals surface area (Å²) < 4.78 is 28.1. The van der Waals surface area contributed by atoms with Crippen LogP contribution in [0.15, 0.2) is 51.8 Å². The summed E-state index contributed by atoms with van der Waals surface area (Å²) in [5.74, 6) is 0. The smallest absolute Gasteiger partial charge is 0.261 e. The molecule has 110 valence electrons. The SMILES string of the molecule is Cc1cccc(S(=O)(=O)Nc2ccc(Br)cc2C(N)=S)c1. The van der Waals surface area contributed by atoms with Crippen molar-refractivity contribution in [2.24, 2.45) is 5.73 Å². The van der Waals surface area contributed by atoms with Crippen LogP contribution in [0.1, 0.15) is 11.1 Å². The summed E-state index contributed by atoms with van der Waals surface area (Å²) in [6, 6.07) is 11.7. The van der Waals surface area contributed by atoms with E-state index in [-0.39, 0.29) is 9.88 Å². The molecule has 0 aliphatic heterocycles. The highest BCUT2D eigenvalue weighted by Crippen LogP contribution is 2.24. The van der Waals surface area contributed by atoms with Crippen LogP contribution in [0.3, 0.4) is 0 Å². The van der Waals surface area contributed by atoms with Crippen LogP contribution in [0.5, 0.6) is 0 Å². The van der Waals surface area contributed by atoms with Crippen LogP contribution in [-0.4, -0.2) is 13.4 Å². The van der Waals surface area contributed by atoms with E-state index in [9.17, 15) is 8.42 Å². The van der Waals surface area contributed by atoms with Crippen LogP contribution < -0.4 is 10.5 Å². The Labute approximate surface area is 137 Å². The lowest BCUT2D eigenvalue weighted by Gasteiger charge is -2.12. The first-order valence-corrected chi connectivity index (χ1v) is 8.67. The van der Waals surface area contributed by atoms with Gasteiger partial charge in [-0.3, -0.25) is 4.72 Å². The summed E-state index contributed by atoms with van der Waals surface area (Å²) >= 11 is 8.26. The van der Waals surface area contributed by atoms with E-state index in [4.69, 9.17) is 18.0 Å². The van der Waals surface area contributed by atoms with E-state index < -0.39 is 10.0 Å². The van der Waals surface area contributed by atoms with E-state index in [1.54, 1.807) is 30.3 Å². The van der Waals surface area contributed by atoms with Gasteiger partial charge in [-0.15, -0.1) is 0 Å². The molecule has 0 saturated heterocycles. The first kappa shape index (κ1) is 15.9. The van der Waals surface area contributed by atoms with Crippen molar-refractivity contribution in [2.75, 3.05) is 4.72 Å². The number of anilines is 1. The summed E-state index contributed by atoms with van der Waals surface area (Å²) in [6.45, 7) is 1.83. The lowest BCUT2D eigenvalue weighted by molar-refractivity contribution is 0.601. The molecular formula is C14H13BrN2O2S2. The van der Waals surface area contributed by atoms with E-state index in [0.29, 0.717) is 11.3 Å². The zero-order chi connectivity index (χ0) is 15.6. The van der Waals surface area contributed by atoms with Gasteiger partial charge < -0.3 is 5.73 Å². The predicted molar refractivity (Wildman–Crippen MR) is 92.0 cm³/mol. The largest absolute Gasteiger partial charge is 0.389 e. The Hall–Kier alpha value is -1.44. The molecule has 0 spiro atoms. The summed E-state index contributed by atoms with van der Waals surface area (Å²) in [6.07, 6.45) is 0. The fourth-order valence-corrected chi connectivity index (χ4v) is 3.51. The van der Waals surface area contributed by atoms with Crippen LogP contribution in [0.25, 0.3) is 0 Å². The minimum atomic E-state index is -3.69. The lowest BCUT2D eigenvalue weighted by atomic mass is 10.2. The summed E-state index contributed by atoms with van der Waals surface area (Å²) in [4.78, 5) is 0.317. The number of thiocarbonyl (C=S) groups is 1. The highest BCUT2D eigenvalue weighted by molar-refractivity contribution is 9.10. The molecular weight excluding hydrogens is 372 g/mol. The maximum Gasteiger partial charge on any atom is 0.261 e. The predicted octanol–water partition coefficient (Wildman–Crippen LogP) is 3.19. The van der Waals surface area contributed by atoms with Crippen LogP contribution in [-0.2, 0) is 10.0 Å². The highest BCUT2D eigenvalue weighted by Gasteiger charge is 2.17. The van der Waals surface area contributed by atoms with Crippen LogP contribution in [0.2, 0.25) is 0 Å². The van der Waals surface area contributed by atoms with Crippen molar-refractivity contribution in [1.29, 1.82) is 0 Å². The molecule has 0 unspecified atom stereocenters. The van der Waals surface area contributed by atoms with Gasteiger partial charge in [-0.05, 0) is 42.8 Å². The van der Waals surface area contributed by atoms with Gasteiger partial charge >= 0.3 is 0 Å². The summed E-state index contributed by atoms with van der Waals surface area (Å²) in [5.41, 5.74) is 7.33. The van der Waals surface area contributed by atoms with Crippen molar-refractivity contribution < 1.29 is 8.42 Å². The standard InChI is InChI=1S/C14H13BrN2O2S2/c1-9-3-2-4-11(7-9)21(18,19)17-13-6-5-10(15)8-12(13)14(16)20/h2-8,17H,1H3,(H2,16,20). The topological polar surface area (TPSA) is 72.2 Å². The average molecular weight is 385 g/mol. The molecule has 4 nitrogen and oxygen atoms in total. The van der Waals surface area contributed by atoms with Gasteiger partial charge in [0.2, 0.25) is 0 Å². The first-order chi connectivity index (χ1) is 9.79. The van der Waals surface area contributed by atoms with E-state index in [1.807, 2.05) is 13.0 Å². The second-order valence-electron chi connectivity index (χ2n) is 4.48. The Kier molecular flexibility index (Phi) is 4.65. The molecule has 0 heterocycles. The molecule has 0 amide bonds. The maximum atomic E-state index is 12.4. The molecule has 7 heteroatoms. The summed E-state index contributed by atoms with van der Waals surface area (Å²) in [7, 11) is -3.69. The Bertz CT molecular complexity index is 804. The van der Waals surface area contributed by atoms with Gasteiger partial charge in [0, 0.05) is 10.0 Å². The molecule has 2 rings (SSSR count). The van der Waals surface area contributed by atoms with Gasteiger partial charge in [0.05, 0.1) is 10.6 Å². The van der Waals surface area contributed by atoms with E-state index in [1.165, 1.54) is 6.07 Å². The van der Waals surface area contributed by atoms with E-state index in [0.717, 1.165) is 10.0 Å². The molecule has 0 aliphatic rings. The third kappa shape index (κ3) is 3.81. The lowest BCUT2D eigenvalue weighted by Crippen LogP contribution is -2.18. The molecule has 0 aliphatic carbocycles.